The summed E-state index contributed by atoms with van der Waals surface area (Å²) in [6.45, 7) is 6.24. The van der Waals surface area contributed by atoms with Crippen LogP contribution in [-0.4, -0.2) is 10.7 Å². The minimum atomic E-state index is -0.479. The van der Waals surface area contributed by atoms with Crippen LogP contribution < -0.4 is 0 Å². The van der Waals surface area contributed by atoms with Gasteiger partial charge < -0.3 is 5.11 Å². The average molecular weight is 317 g/mol. The van der Waals surface area contributed by atoms with E-state index in [9.17, 15) is 5.11 Å². The molecule has 0 aliphatic carbocycles. The first-order valence-corrected chi connectivity index (χ1v) is 7.81. The molecule has 96 valence electrons. The molecule has 1 aromatic rings. The molecule has 0 aliphatic heterocycles. The van der Waals surface area contributed by atoms with Crippen molar-refractivity contribution in [1.29, 1.82) is 0 Å². The predicted octanol–water partition coefficient (Wildman–Crippen LogP) is 5.25. The highest BCUT2D eigenvalue weighted by Gasteiger charge is 2.20. The Morgan fingerprint density at radius 3 is 2.59 bits per heavy atom. The second kappa shape index (κ2) is 6.72. The van der Waals surface area contributed by atoms with E-state index in [2.05, 4.69) is 54.2 Å². The van der Waals surface area contributed by atoms with Crippen LogP contribution in [0.15, 0.2) is 22.0 Å². The first-order chi connectivity index (χ1) is 8.00. The van der Waals surface area contributed by atoms with Crippen molar-refractivity contribution in [2.75, 3.05) is 0 Å². The molecule has 0 saturated carbocycles. The lowest BCUT2D eigenvalue weighted by Crippen LogP contribution is -2.25. The molecule has 0 atom stereocenters. The minimum Gasteiger partial charge on any atom is -0.390 e. The van der Waals surface area contributed by atoms with E-state index in [1.807, 2.05) is 0 Å². The molecule has 0 unspecified atom stereocenters. The summed E-state index contributed by atoms with van der Waals surface area (Å²) in [4.78, 5) is 1.30. The molecule has 1 heterocycles. The van der Waals surface area contributed by atoms with Crippen LogP contribution in [0.2, 0.25) is 0 Å². The molecule has 0 aromatic carbocycles. The summed E-state index contributed by atoms with van der Waals surface area (Å²) < 4.78 is 1.14. The largest absolute Gasteiger partial charge is 0.390 e. The van der Waals surface area contributed by atoms with Crippen molar-refractivity contribution < 1.29 is 5.11 Å². The maximum absolute atomic E-state index is 10.2. The SMILES string of the molecule is CCC(O)(CC)CCC=C(C)c1cc(Br)cs1. The van der Waals surface area contributed by atoms with Gasteiger partial charge in [0.15, 0.2) is 0 Å². The standard InChI is InChI=1S/C14H21BrOS/c1-4-14(16,5-2)8-6-7-11(3)13-9-12(15)10-17-13/h7,9-10,16H,4-6,8H2,1-3H3. The quantitative estimate of drug-likeness (QED) is 0.760. The summed E-state index contributed by atoms with van der Waals surface area (Å²) in [6, 6.07) is 2.14. The molecule has 1 N–H and O–H groups in total. The minimum absolute atomic E-state index is 0.479. The lowest BCUT2D eigenvalue weighted by atomic mass is 9.91. The summed E-state index contributed by atoms with van der Waals surface area (Å²) in [5, 5.41) is 12.3. The van der Waals surface area contributed by atoms with Gasteiger partial charge in [0.05, 0.1) is 5.60 Å². The molecule has 1 aromatic heterocycles. The van der Waals surface area contributed by atoms with Gasteiger partial charge in [-0.2, -0.15) is 0 Å². The molecular formula is C14H21BrOS. The molecule has 0 amide bonds. The van der Waals surface area contributed by atoms with E-state index < -0.39 is 5.60 Å². The second-order valence-corrected chi connectivity index (χ2v) is 6.31. The Morgan fingerprint density at radius 2 is 2.12 bits per heavy atom. The van der Waals surface area contributed by atoms with Crippen LogP contribution in [0.3, 0.4) is 0 Å². The van der Waals surface area contributed by atoms with Gasteiger partial charge in [-0.1, -0.05) is 19.9 Å². The van der Waals surface area contributed by atoms with Crippen molar-refractivity contribution in [2.45, 2.75) is 52.1 Å². The van der Waals surface area contributed by atoms with Gasteiger partial charge in [-0.3, -0.25) is 0 Å². The number of aliphatic hydroxyl groups is 1. The van der Waals surface area contributed by atoms with Crippen LogP contribution in [0.4, 0.5) is 0 Å². The van der Waals surface area contributed by atoms with E-state index >= 15 is 0 Å². The van der Waals surface area contributed by atoms with Gasteiger partial charge in [0.2, 0.25) is 0 Å². The van der Waals surface area contributed by atoms with Gasteiger partial charge in [-0.25, -0.2) is 0 Å². The summed E-state index contributed by atoms with van der Waals surface area (Å²) in [7, 11) is 0. The molecule has 1 nitrogen and oxygen atoms in total. The fraction of sp³-hybridized carbons (Fsp3) is 0.571. The number of rotatable bonds is 6. The molecule has 3 heteroatoms. The van der Waals surface area contributed by atoms with Crippen molar-refractivity contribution in [3.8, 4) is 0 Å². The van der Waals surface area contributed by atoms with Crippen LogP contribution in [0.1, 0.15) is 51.3 Å². The molecule has 0 fully saturated rings. The van der Waals surface area contributed by atoms with Gasteiger partial charge in [0.1, 0.15) is 0 Å². The van der Waals surface area contributed by atoms with Crippen molar-refractivity contribution in [3.63, 3.8) is 0 Å². The number of allylic oxidation sites excluding steroid dienone is 2. The third kappa shape index (κ3) is 4.57. The summed E-state index contributed by atoms with van der Waals surface area (Å²) in [5.74, 6) is 0. The van der Waals surface area contributed by atoms with Crippen LogP contribution in [0, 0.1) is 0 Å². The monoisotopic (exact) mass is 316 g/mol. The first-order valence-electron chi connectivity index (χ1n) is 6.14. The fourth-order valence-corrected chi connectivity index (χ4v) is 3.21. The van der Waals surface area contributed by atoms with E-state index in [1.165, 1.54) is 10.5 Å². The third-order valence-corrected chi connectivity index (χ3v) is 5.16. The van der Waals surface area contributed by atoms with E-state index in [0.717, 1.165) is 30.2 Å². The highest BCUT2D eigenvalue weighted by molar-refractivity contribution is 9.10. The molecule has 1 rings (SSSR count). The smallest absolute Gasteiger partial charge is 0.0645 e. The third-order valence-electron chi connectivity index (χ3n) is 3.33. The topological polar surface area (TPSA) is 20.2 Å². The highest BCUT2D eigenvalue weighted by Crippen LogP contribution is 2.27. The zero-order valence-electron chi connectivity index (χ0n) is 10.8. The zero-order valence-corrected chi connectivity index (χ0v) is 13.2. The van der Waals surface area contributed by atoms with E-state index in [4.69, 9.17) is 0 Å². The van der Waals surface area contributed by atoms with Crippen molar-refractivity contribution in [1.82, 2.24) is 0 Å². The molecule has 0 aliphatic rings. The van der Waals surface area contributed by atoms with Crippen LogP contribution in [0.5, 0.6) is 0 Å². The summed E-state index contributed by atoms with van der Waals surface area (Å²) >= 11 is 5.22. The van der Waals surface area contributed by atoms with Crippen molar-refractivity contribution in [3.05, 3.63) is 26.9 Å². The van der Waals surface area contributed by atoms with Crippen LogP contribution in [-0.2, 0) is 0 Å². The number of hydrogen-bond donors (Lipinski definition) is 1. The van der Waals surface area contributed by atoms with Crippen LogP contribution in [0.25, 0.3) is 5.57 Å². The molecule has 0 spiro atoms. The van der Waals surface area contributed by atoms with E-state index in [1.54, 1.807) is 11.3 Å². The fourth-order valence-electron chi connectivity index (χ4n) is 1.78. The second-order valence-electron chi connectivity index (χ2n) is 4.49. The van der Waals surface area contributed by atoms with Gasteiger partial charge in [0, 0.05) is 14.7 Å². The average Bonchev–Trinajstić information content (AvgIpc) is 2.75. The summed E-state index contributed by atoms with van der Waals surface area (Å²) in [5.41, 5.74) is 0.822. The van der Waals surface area contributed by atoms with Gasteiger partial charge in [-0.15, -0.1) is 11.3 Å². The molecule has 0 radical (unpaired) electrons. The predicted molar refractivity (Wildman–Crippen MR) is 80.4 cm³/mol. The van der Waals surface area contributed by atoms with Gasteiger partial charge in [-0.05, 0) is 60.2 Å². The maximum Gasteiger partial charge on any atom is 0.0645 e. The Hall–Kier alpha value is -0.120. The van der Waals surface area contributed by atoms with E-state index in [0.29, 0.717) is 0 Å². The van der Waals surface area contributed by atoms with Crippen molar-refractivity contribution in [2.24, 2.45) is 0 Å². The number of thiophene rings is 1. The Bertz CT molecular complexity index is 377. The lowest BCUT2D eigenvalue weighted by Gasteiger charge is -2.24. The van der Waals surface area contributed by atoms with Crippen molar-refractivity contribution >= 4 is 32.8 Å². The number of halogens is 1. The Labute approximate surface area is 117 Å². The molecule has 17 heavy (non-hydrogen) atoms. The van der Waals surface area contributed by atoms with Gasteiger partial charge >= 0.3 is 0 Å². The summed E-state index contributed by atoms with van der Waals surface area (Å²) in [6.07, 6.45) is 5.69. The maximum atomic E-state index is 10.2. The molecule has 0 saturated heterocycles. The van der Waals surface area contributed by atoms with Gasteiger partial charge in [0.25, 0.3) is 0 Å². The molecular weight excluding hydrogens is 296 g/mol. The number of hydrogen-bond acceptors (Lipinski definition) is 2. The van der Waals surface area contributed by atoms with E-state index in [-0.39, 0.29) is 0 Å². The normalized spacial score (nSPS) is 13.1. The lowest BCUT2D eigenvalue weighted by molar-refractivity contribution is 0.0246. The zero-order chi connectivity index (χ0) is 12.9. The highest BCUT2D eigenvalue weighted by atomic mass is 79.9. The Morgan fingerprint density at radius 1 is 1.47 bits per heavy atom. The Kier molecular flexibility index (Phi) is 5.90. The molecule has 0 bridgehead atoms. The Balaban J connectivity index is 2.54. The van der Waals surface area contributed by atoms with Crippen LogP contribution >= 0.6 is 27.3 Å². The first kappa shape index (κ1) is 14.9.